The van der Waals surface area contributed by atoms with E-state index in [0.717, 1.165) is 5.57 Å². The van der Waals surface area contributed by atoms with Crippen LogP contribution in [-0.2, 0) is 17.1 Å². The second-order valence-electron chi connectivity index (χ2n) is 2.92. The van der Waals surface area contributed by atoms with Gasteiger partial charge in [-0.25, -0.2) is 12.1 Å². The molecule has 0 heterocycles. The third-order valence-electron chi connectivity index (χ3n) is 1.71. The van der Waals surface area contributed by atoms with E-state index in [1.165, 1.54) is 5.56 Å². The average Bonchev–Trinajstić information content (AvgIpc) is 2.82. The summed E-state index contributed by atoms with van der Waals surface area (Å²) in [6.45, 7) is 5.81. The van der Waals surface area contributed by atoms with Gasteiger partial charge in [-0.05, 0) is 0 Å². The molecular formula is C13H14Fe. The van der Waals surface area contributed by atoms with E-state index in [9.17, 15) is 0 Å². The summed E-state index contributed by atoms with van der Waals surface area (Å²) in [4.78, 5) is 0. The molecule has 0 saturated heterocycles. The Labute approximate surface area is 96.5 Å². The topological polar surface area (TPSA) is 0 Å². The number of rotatable bonds is 1. The number of hydrogen-bond donors (Lipinski definition) is 0. The van der Waals surface area contributed by atoms with Crippen LogP contribution in [0.25, 0.3) is 5.57 Å². The zero-order chi connectivity index (χ0) is 9.52. The summed E-state index contributed by atoms with van der Waals surface area (Å²) in [7, 11) is 0. The Hall–Kier alpha value is -1.04. The first-order valence-corrected chi connectivity index (χ1v) is 4.35. The van der Waals surface area contributed by atoms with Crippen molar-refractivity contribution < 1.29 is 17.1 Å². The van der Waals surface area contributed by atoms with Crippen molar-refractivity contribution in [1.82, 2.24) is 0 Å². The quantitative estimate of drug-likeness (QED) is 0.511. The van der Waals surface area contributed by atoms with Crippen LogP contribution in [-0.4, -0.2) is 0 Å². The zero-order valence-corrected chi connectivity index (χ0v) is 9.36. The van der Waals surface area contributed by atoms with E-state index in [2.05, 4.69) is 18.7 Å². The molecule has 0 aliphatic rings. The summed E-state index contributed by atoms with van der Waals surface area (Å²) in [5.41, 5.74) is 2.38. The molecule has 0 saturated carbocycles. The molecule has 0 aliphatic heterocycles. The molecule has 0 radical (unpaired) electrons. The van der Waals surface area contributed by atoms with Crippen LogP contribution < -0.4 is 0 Å². The third kappa shape index (κ3) is 4.86. The van der Waals surface area contributed by atoms with Crippen molar-refractivity contribution in [3.63, 3.8) is 0 Å². The summed E-state index contributed by atoms with van der Waals surface area (Å²) in [5, 5.41) is 0. The van der Waals surface area contributed by atoms with Crippen molar-refractivity contribution >= 4 is 5.57 Å². The molecule has 0 spiro atoms. The minimum Gasteiger partial charge on any atom is -0.214 e. The van der Waals surface area contributed by atoms with Crippen LogP contribution in [0.4, 0.5) is 0 Å². The summed E-state index contributed by atoms with van der Waals surface area (Å²) in [6.07, 6.45) is 0. The number of allylic oxidation sites excluding steroid dienone is 1. The second-order valence-corrected chi connectivity index (χ2v) is 2.92. The van der Waals surface area contributed by atoms with Crippen LogP contribution in [0.5, 0.6) is 0 Å². The minimum atomic E-state index is 0. The zero-order valence-electron chi connectivity index (χ0n) is 8.26. The second kappa shape index (κ2) is 7.37. The summed E-state index contributed by atoms with van der Waals surface area (Å²) < 4.78 is 0. The first-order chi connectivity index (χ1) is 6.30. The van der Waals surface area contributed by atoms with Crippen molar-refractivity contribution in [2.75, 3.05) is 0 Å². The number of hydrogen-bond acceptors (Lipinski definition) is 0. The molecular weight excluding hydrogens is 212 g/mol. The molecule has 0 unspecified atom stereocenters. The van der Waals surface area contributed by atoms with Crippen molar-refractivity contribution in [3.05, 3.63) is 66.7 Å². The fraction of sp³-hybridized carbons (Fsp3) is 0.0769. The Morgan fingerprint density at radius 1 is 1.07 bits per heavy atom. The maximum atomic E-state index is 3.80. The van der Waals surface area contributed by atoms with E-state index in [-0.39, 0.29) is 17.1 Å². The predicted molar refractivity (Wildman–Crippen MR) is 58.8 cm³/mol. The average molecular weight is 226 g/mol. The first kappa shape index (κ1) is 13.0. The normalized spacial score (nSPS) is 8.07. The molecule has 0 atom stereocenters. The van der Waals surface area contributed by atoms with Gasteiger partial charge in [0.15, 0.2) is 0 Å². The van der Waals surface area contributed by atoms with E-state index < -0.39 is 0 Å². The Morgan fingerprint density at radius 3 is 1.79 bits per heavy atom. The maximum Gasteiger partial charge on any atom is 2.00 e. The van der Waals surface area contributed by atoms with Crippen LogP contribution in [0.1, 0.15) is 12.5 Å². The minimum absolute atomic E-state index is 0. The molecule has 1 heteroatoms. The monoisotopic (exact) mass is 226 g/mol. The van der Waals surface area contributed by atoms with Gasteiger partial charge in [0.2, 0.25) is 0 Å². The Bertz CT molecular complexity index is 297. The third-order valence-corrected chi connectivity index (χ3v) is 1.71. The molecule has 0 amide bonds. The standard InChI is InChI=1S/C8H9.C5H5.Fe/c1-7(2)8-5-3-4-6-8;1-2-4-5-3-1;/h3-6H,1H2,2H3;1-5H;/q2*-1;+2. The van der Waals surface area contributed by atoms with Gasteiger partial charge in [-0.2, -0.15) is 36.9 Å². The van der Waals surface area contributed by atoms with Crippen molar-refractivity contribution in [2.45, 2.75) is 6.92 Å². The molecule has 2 aromatic carbocycles. The molecule has 0 aliphatic carbocycles. The molecule has 2 aromatic rings. The van der Waals surface area contributed by atoms with Crippen molar-refractivity contribution in [1.29, 1.82) is 0 Å². The van der Waals surface area contributed by atoms with Crippen LogP contribution in [0.15, 0.2) is 61.2 Å². The maximum absolute atomic E-state index is 3.80. The van der Waals surface area contributed by atoms with Crippen LogP contribution >= 0.6 is 0 Å². The van der Waals surface area contributed by atoms with Gasteiger partial charge in [0, 0.05) is 0 Å². The van der Waals surface area contributed by atoms with E-state index in [0.29, 0.717) is 0 Å². The molecule has 0 aromatic heterocycles. The van der Waals surface area contributed by atoms with Gasteiger partial charge >= 0.3 is 17.1 Å². The van der Waals surface area contributed by atoms with E-state index in [1.54, 1.807) is 0 Å². The van der Waals surface area contributed by atoms with Crippen LogP contribution in [0.3, 0.4) is 0 Å². The fourth-order valence-electron chi connectivity index (χ4n) is 0.979. The van der Waals surface area contributed by atoms with Crippen molar-refractivity contribution in [3.8, 4) is 0 Å². The van der Waals surface area contributed by atoms with Gasteiger partial charge in [-0.1, -0.05) is 6.92 Å². The summed E-state index contributed by atoms with van der Waals surface area (Å²) in [6, 6.07) is 18.2. The largest absolute Gasteiger partial charge is 2.00 e. The van der Waals surface area contributed by atoms with E-state index in [4.69, 9.17) is 0 Å². The van der Waals surface area contributed by atoms with Gasteiger partial charge in [0.25, 0.3) is 0 Å². The Kier molecular flexibility index (Phi) is 6.82. The molecule has 0 bridgehead atoms. The van der Waals surface area contributed by atoms with Gasteiger partial charge in [0.05, 0.1) is 0 Å². The molecule has 74 valence electrons. The van der Waals surface area contributed by atoms with Gasteiger partial charge in [0.1, 0.15) is 0 Å². The molecule has 0 N–H and O–H groups in total. The van der Waals surface area contributed by atoms with E-state index >= 15 is 0 Å². The molecule has 14 heavy (non-hydrogen) atoms. The molecule has 0 nitrogen and oxygen atoms in total. The SMILES string of the molecule is C=C(C)[c-]1cccc1.[Fe+2].c1cc[cH-]c1. The van der Waals surface area contributed by atoms with Crippen molar-refractivity contribution in [2.24, 2.45) is 0 Å². The predicted octanol–water partition coefficient (Wildman–Crippen LogP) is 3.84. The fourth-order valence-corrected chi connectivity index (χ4v) is 0.979. The van der Waals surface area contributed by atoms with Gasteiger partial charge in [-0.15, -0.1) is 23.3 Å². The Balaban J connectivity index is 0.000000246. The van der Waals surface area contributed by atoms with Gasteiger partial charge in [-0.3, -0.25) is 0 Å². The first-order valence-electron chi connectivity index (χ1n) is 4.35. The summed E-state index contributed by atoms with van der Waals surface area (Å²) >= 11 is 0. The smallest absolute Gasteiger partial charge is 0.214 e. The van der Waals surface area contributed by atoms with Crippen LogP contribution in [0, 0.1) is 0 Å². The van der Waals surface area contributed by atoms with Crippen LogP contribution in [0.2, 0.25) is 0 Å². The molecule has 0 fully saturated rings. The molecule has 2 rings (SSSR count). The van der Waals surface area contributed by atoms with E-state index in [1.807, 2.05) is 49.4 Å². The summed E-state index contributed by atoms with van der Waals surface area (Å²) in [5.74, 6) is 0. The Morgan fingerprint density at radius 2 is 1.57 bits per heavy atom. The van der Waals surface area contributed by atoms with Gasteiger partial charge < -0.3 is 0 Å².